The fourth-order valence-electron chi connectivity index (χ4n) is 4.83. The zero-order chi connectivity index (χ0) is 22.0. The highest BCUT2D eigenvalue weighted by atomic mass is 16.3. The molecule has 1 aliphatic carbocycles. The molecule has 0 bridgehead atoms. The van der Waals surface area contributed by atoms with Crippen LogP contribution in [0.2, 0.25) is 0 Å². The topological polar surface area (TPSA) is 70.7 Å². The molecule has 2 aromatic rings. The number of furan rings is 1. The van der Waals surface area contributed by atoms with Gasteiger partial charge >= 0.3 is 0 Å². The highest BCUT2D eigenvalue weighted by molar-refractivity contribution is 6.00. The Morgan fingerprint density at radius 3 is 2.52 bits per heavy atom. The van der Waals surface area contributed by atoms with Crippen LogP contribution in [-0.2, 0) is 11.3 Å². The van der Waals surface area contributed by atoms with Crippen LogP contribution in [0.15, 0.2) is 34.9 Å². The lowest BCUT2D eigenvalue weighted by atomic mass is 9.93. The number of hydrogen-bond donors (Lipinski definition) is 1. The minimum Gasteiger partial charge on any atom is -0.463 e. The van der Waals surface area contributed by atoms with Crippen LogP contribution in [-0.4, -0.2) is 64.9 Å². The summed E-state index contributed by atoms with van der Waals surface area (Å²) >= 11 is 0. The van der Waals surface area contributed by atoms with Crippen molar-refractivity contribution in [2.75, 3.05) is 27.2 Å². The van der Waals surface area contributed by atoms with Crippen molar-refractivity contribution in [1.29, 1.82) is 0 Å². The molecule has 2 amide bonds. The van der Waals surface area contributed by atoms with Gasteiger partial charge in [0, 0.05) is 19.1 Å². The van der Waals surface area contributed by atoms with Crippen LogP contribution in [0.1, 0.15) is 55.9 Å². The van der Waals surface area contributed by atoms with Crippen LogP contribution in [0, 0.1) is 0 Å². The highest BCUT2D eigenvalue weighted by Gasteiger charge is 2.48. The molecule has 0 radical (unpaired) electrons. The number of rotatable bonds is 6. The molecule has 0 saturated heterocycles. The van der Waals surface area contributed by atoms with Crippen molar-refractivity contribution in [2.24, 2.45) is 0 Å². The first-order chi connectivity index (χ1) is 14.9. The number of likely N-dealkylation sites (N-methyl/N-ethyl adjacent to an activating group) is 1. The maximum absolute atomic E-state index is 13.7. The molecule has 1 aliphatic heterocycles. The molecule has 31 heavy (non-hydrogen) atoms. The second-order valence-electron chi connectivity index (χ2n) is 9.36. The second kappa shape index (κ2) is 8.91. The van der Waals surface area contributed by atoms with E-state index >= 15 is 0 Å². The van der Waals surface area contributed by atoms with Gasteiger partial charge in [-0.3, -0.25) is 9.59 Å². The van der Waals surface area contributed by atoms with Gasteiger partial charge in [0.15, 0.2) is 0 Å². The first kappa shape index (κ1) is 21.7. The molecule has 1 unspecified atom stereocenters. The number of carbonyl (C=O) groups excluding carboxylic acids is 2. The molecule has 4 rings (SSSR count). The first-order valence-electron chi connectivity index (χ1n) is 11.4. The summed E-state index contributed by atoms with van der Waals surface area (Å²) in [7, 11) is 3.96. The second-order valence-corrected chi connectivity index (χ2v) is 9.36. The van der Waals surface area contributed by atoms with Gasteiger partial charge in [-0.05, 0) is 58.1 Å². The van der Waals surface area contributed by atoms with Gasteiger partial charge < -0.3 is 24.1 Å². The number of amides is 2. The Bertz CT molecular complexity index is 909. The zero-order valence-corrected chi connectivity index (χ0v) is 18.9. The zero-order valence-electron chi connectivity index (χ0n) is 18.9. The number of fused-ring (bicyclic) bond motifs is 1. The van der Waals surface area contributed by atoms with Crippen LogP contribution in [0.3, 0.4) is 0 Å². The Kier molecular flexibility index (Phi) is 6.23. The van der Waals surface area contributed by atoms with Gasteiger partial charge in [-0.1, -0.05) is 25.7 Å². The van der Waals surface area contributed by atoms with Gasteiger partial charge in [-0.25, -0.2) is 0 Å². The Hall–Kier alpha value is -2.54. The van der Waals surface area contributed by atoms with E-state index in [2.05, 4.69) is 5.32 Å². The first-order valence-corrected chi connectivity index (χ1v) is 11.4. The molecular formula is C24H34N4O3. The lowest BCUT2D eigenvalue weighted by Gasteiger charge is -2.45. The SMILES string of the molecule is CN(C)CCN1C(=O)c2ccc(-c3ccco3)n2CC1(C)C(=O)NC1CCCCCC1. The van der Waals surface area contributed by atoms with Crippen LogP contribution < -0.4 is 5.32 Å². The summed E-state index contributed by atoms with van der Waals surface area (Å²) in [6.45, 7) is 3.51. The quantitative estimate of drug-likeness (QED) is 0.719. The summed E-state index contributed by atoms with van der Waals surface area (Å²) < 4.78 is 7.54. The standard InChI is InChI=1S/C24H34N4O3/c1-24(23(30)25-18-9-6-4-5-7-10-18)17-27-19(21-11-8-16-31-21)12-13-20(27)22(29)28(24)15-14-26(2)3/h8,11-13,16,18H,4-7,9-10,14-15,17H2,1-3H3,(H,25,30). The van der Waals surface area contributed by atoms with E-state index in [1.165, 1.54) is 12.8 Å². The molecule has 0 spiro atoms. The lowest BCUT2D eigenvalue weighted by Crippen LogP contribution is -2.65. The fraction of sp³-hybridized carbons (Fsp3) is 0.583. The molecule has 7 nitrogen and oxygen atoms in total. The predicted octanol–water partition coefficient (Wildman–Crippen LogP) is 3.36. The lowest BCUT2D eigenvalue weighted by molar-refractivity contribution is -0.133. The Morgan fingerprint density at radius 1 is 1.16 bits per heavy atom. The summed E-state index contributed by atoms with van der Waals surface area (Å²) in [6.07, 6.45) is 8.42. The average molecular weight is 427 g/mol. The van der Waals surface area contributed by atoms with Gasteiger partial charge in [0.2, 0.25) is 5.91 Å². The number of nitrogens with one attached hydrogen (secondary N) is 1. The molecule has 3 heterocycles. The van der Waals surface area contributed by atoms with Crippen LogP contribution in [0.5, 0.6) is 0 Å². The van der Waals surface area contributed by atoms with Crippen molar-refractivity contribution in [3.63, 3.8) is 0 Å². The van der Waals surface area contributed by atoms with Crippen molar-refractivity contribution in [3.8, 4) is 11.5 Å². The molecule has 2 aromatic heterocycles. The van der Waals surface area contributed by atoms with Crippen LogP contribution >= 0.6 is 0 Å². The smallest absolute Gasteiger partial charge is 0.271 e. The molecule has 7 heteroatoms. The molecule has 1 N–H and O–H groups in total. The van der Waals surface area contributed by atoms with E-state index in [0.717, 1.165) is 31.4 Å². The van der Waals surface area contributed by atoms with Gasteiger partial charge in [0.25, 0.3) is 5.91 Å². The Morgan fingerprint density at radius 2 is 1.87 bits per heavy atom. The minimum absolute atomic E-state index is 0.0590. The Balaban J connectivity index is 1.66. The van der Waals surface area contributed by atoms with Crippen molar-refractivity contribution < 1.29 is 14.0 Å². The maximum atomic E-state index is 13.7. The maximum Gasteiger partial charge on any atom is 0.271 e. The molecule has 168 valence electrons. The van der Waals surface area contributed by atoms with Crippen LogP contribution in [0.25, 0.3) is 11.5 Å². The van der Waals surface area contributed by atoms with E-state index < -0.39 is 5.54 Å². The third-order valence-electron chi connectivity index (χ3n) is 6.73. The van der Waals surface area contributed by atoms with E-state index in [-0.39, 0.29) is 17.9 Å². The fourth-order valence-corrected chi connectivity index (χ4v) is 4.83. The molecule has 1 atom stereocenters. The summed E-state index contributed by atoms with van der Waals surface area (Å²) in [5, 5.41) is 3.30. The van der Waals surface area contributed by atoms with Gasteiger partial charge in [0.1, 0.15) is 17.0 Å². The van der Waals surface area contributed by atoms with E-state index in [1.54, 1.807) is 11.2 Å². The van der Waals surface area contributed by atoms with Crippen molar-refractivity contribution in [1.82, 2.24) is 19.7 Å². The molecular weight excluding hydrogens is 392 g/mol. The van der Waals surface area contributed by atoms with Crippen molar-refractivity contribution in [2.45, 2.75) is 63.6 Å². The normalized spacial score (nSPS) is 22.5. The van der Waals surface area contributed by atoms with Crippen molar-refractivity contribution in [3.05, 3.63) is 36.2 Å². The van der Waals surface area contributed by atoms with Gasteiger partial charge in [0.05, 0.1) is 18.5 Å². The predicted molar refractivity (Wildman–Crippen MR) is 120 cm³/mol. The largest absolute Gasteiger partial charge is 0.463 e. The van der Waals surface area contributed by atoms with E-state index in [9.17, 15) is 9.59 Å². The van der Waals surface area contributed by atoms with E-state index in [4.69, 9.17) is 4.42 Å². The number of hydrogen-bond acceptors (Lipinski definition) is 4. The average Bonchev–Trinajstić information content (AvgIpc) is 3.32. The number of aromatic nitrogens is 1. The highest BCUT2D eigenvalue weighted by Crippen LogP contribution is 2.33. The monoisotopic (exact) mass is 426 g/mol. The summed E-state index contributed by atoms with van der Waals surface area (Å²) in [5.74, 6) is 0.535. The van der Waals surface area contributed by atoms with Crippen LogP contribution in [0.4, 0.5) is 0 Å². The molecule has 2 aliphatic rings. The molecule has 1 saturated carbocycles. The number of nitrogens with zero attached hydrogens (tertiary/aromatic N) is 3. The third kappa shape index (κ3) is 4.28. The third-order valence-corrected chi connectivity index (χ3v) is 6.73. The minimum atomic E-state index is -0.966. The van der Waals surface area contributed by atoms with Crippen molar-refractivity contribution >= 4 is 11.8 Å². The van der Waals surface area contributed by atoms with Gasteiger partial charge in [-0.2, -0.15) is 0 Å². The number of carbonyl (C=O) groups is 2. The molecule has 1 fully saturated rings. The molecule has 0 aromatic carbocycles. The van der Waals surface area contributed by atoms with Gasteiger partial charge in [-0.15, -0.1) is 0 Å². The van der Waals surface area contributed by atoms with E-state index in [0.29, 0.717) is 31.1 Å². The van der Waals surface area contributed by atoms with E-state index in [1.807, 2.05) is 54.8 Å². The summed E-state index contributed by atoms with van der Waals surface area (Å²) in [6, 6.07) is 7.65. The Labute approximate surface area is 184 Å². The summed E-state index contributed by atoms with van der Waals surface area (Å²) in [4.78, 5) is 31.0. The summed E-state index contributed by atoms with van der Waals surface area (Å²) in [5.41, 5.74) is 0.464.